The largest absolute Gasteiger partial charge is 0.217 e. The minimum atomic E-state index is -0.868. The van der Waals surface area contributed by atoms with E-state index in [4.69, 9.17) is 0 Å². The highest BCUT2D eigenvalue weighted by atomic mass is 32.1. The maximum absolute atomic E-state index is 13.2. The van der Waals surface area contributed by atoms with Gasteiger partial charge >= 0.3 is 0 Å². The topological polar surface area (TPSA) is 30.2 Å². The first-order chi connectivity index (χ1) is 9.52. The lowest BCUT2D eigenvalue weighted by Crippen LogP contribution is -1.94. The molecule has 0 atom stereocenters. The first kappa shape index (κ1) is 13.2. The maximum atomic E-state index is 13.2. The zero-order valence-corrected chi connectivity index (χ0v) is 11.9. The third-order valence-electron chi connectivity index (χ3n) is 2.88. The number of imidazole rings is 1. The molecule has 3 nitrogen and oxygen atoms in total. The molecule has 0 aliphatic rings. The Kier molecular flexibility index (Phi) is 3.25. The molecule has 0 N–H and O–H groups in total. The van der Waals surface area contributed by atoms with Crippen LogP contribution < -0.4 is 0 Å². The Bertz CT molecular complexity index is 729. The number of fused-ring (bicyclic) bond motifs is 1. The number of benzene rings is 1. The van der Waals surface area contributed by atoms with Crippen LogP contribution in [0.4, 0.5) is 8.78 Å². The Balaban J connectivity index is 1.96. The Hall–Kier alpha value is -1.82. The lowest BCUT2D eigenvalue weighted by molar-refractivity contribution is 0.509. The van der Waals surface area contributed by atoms with Crippen LogP contribution in [0.25, 0.3) is 16.2 Å². The maximum Gasteiger partial charge on any atom is 0.212 e. The molecule has 2 aromatic heterocycles. The summed E-state index contributed by atoms with van der Waals surface area (Å²) in [5.41, 5.74) is 1.14. The van der Waals surface area contributed by atoms with Gasteiger partial charge in [-0.15, -0.1) is 0 Å². The molecule has 0 amide bonds. The van der Waals surface area contributed by atoms with E-state index < -0.39 is 11.6 Å². The van der Waals surface area contributed by atoms with Gasteiger partial charge in [0.15, 0.2) is 11.6 Å². The second kappa shape index (κ2) is 4.94. The molecule has 0 spiro atoms. The van der Waals surface area contributed by atoms with Gasteiger partial charge in [-0.3, -0.25) is 0 Å². The molecular formula is C14H13F2N3S. The Morgan fingerprint density at radius 3 is 2.70 bits per heavy atom. The molecule has 0 saturated carbocycles. The van der Waals surface area contributed by atoms with Crippen molar-refractivity contribution in [2.45, 2.75) is 20.3 Å². The minimum Gasteiger partial charge on any atom is -0.217 e. The summed E-state index contributed by atoms with van der Waals surface area (Å²) in [5, 5.41) is 5.47. The average molecular weight is 293 g/mol. The van der Waals surface area contributed by atoms with E-state index >= 15 is 0 Å². The average Bonchev–Trinajstić information content (AvgIpc) is 2.89. The van der Waals surface area contributed by atoms with E-state index in [1.807, 2.05) is 0 Å². The summed E-state index contributed by atoms with van der Waals surface area (Å²) in [6, 6.07) is 3.77. The van der Waals surface area contributed by atoms with Crippen molar-refractivity contribution in [2.24, 2.45) is 5.92 Å². The van der Waals surface area contributed by atoms with E-state index in [9.17, 15) is 8.78 Å². The molecule has 3 rings (SSSR count). The van der Waals surface area contributed by atoms with Gasteiger partial charge in [-0.2, -0.15) is 5.10 Å². The van der Waals surface area contributed by atoms with E-state index in [1.165, 1.54) is 17.4 Å². The third-order valence-corrected chi connectivity index (χ3v) is 3.83. The predicted octanol–water partition coefficient (Wildman–Crippen LogP) is 3.93. The van der Waals surface area contributed by atoms with Crippen LogP contribution in [-0.2, 0) is 6.42 Å². The zero-order valence-electron chi connectivity index (χ0n) is 11.1. The van der Waals surface area contributed by atoms with Gasteiger partial charge in [0.1, 0.15) is 5.01 Å². The Morgan fingerprint density at radius 2 is 2.05 bits per heavy atom. The van der Waals surface area contributed by atoms with Crippen LogP contribution in [0.2, 0.25) is 0 Å². The van der Waals surface area contributed by atoms with E-state index in [2.05, 4.69) is 23.9 Å². The molecule has 0 bridgehead atoms. The molecular weight excluding hydrogens is 280 g/mol. The molecule has 0 unspecified atom stereocenters. The fourth-order valence-corrected chi connectivity index (χ4v) is 3.05. The summed E-state index contributed by atoms with van der Waals surface area (Å²) in [6.07, 6.45) is 2.65. The van der Waals surface area contributed by atoms with Crippen LogP contribution in [0, 0.1) is 17.6 Å². The number of aromatic nitrogens is 3. The van der Waals surface area contributed by atoms with Crippen LogP contribution in [0.3, 0.4) is 0 Å². The zero-order chi connectivity index (χ0) is 14.3. The molecule has 0 saturated heterocycles. The van der Waals surface area contributed by atoms with E-state index in [0.717, 1.165) is 28.5 Å². The monoisotopic (exact) mass is 293 g/mol. The molecule has 2 heterocycles. The van der Waals surface area contributed by atoms with Gasteiger partial charge in [-0.25, -0.2) is 18.3 Å². The fraction of sp³-hybridized carbons (Fsp3) is 0.286. The second-order valence-corrected chi connectivity index (χ2v) is 6.12. The van der Waals surface area contributed by atoms with Crippen LogP contribution in [0.15, 0.2) is 24.4 Å². The van der Waals surface area contributed by atoms with Gasteiger partial charge in [0.2, 0.25) is 4.96 Å². The molecule has 0 aliphatic carbocycles. The number of halogens is 2. The summed E-state index contributed by atoms with van der Waals surface area (Å²) in [7, 11) is 0. The van der Waals surface area contributed by atoms with Gasteiger partial charge in [-0.1, -0.05) is 25.2 Å². The van der Waals surface area contributed by atoms with E-state index in [1.54, 1.807) is 10.7 Å². The molecule has 0 aliphatic heterocycles. The van der Waals surface area contributed by atoms with E-state index in [0.29, 0.717) is 17.2 Å². The Labute approximate surface area is 118 Å². The SMILES string of the molecule is CC(C)Cc1nn2cc(-c3ccc(F)c(F)c3)nc2s1. The van der Waals surface area contributed by atoms with Crippen molar-refractivity contribution in [3.8, 4) is 11.3 Å². The lowest BCUT2D eigenvalue weighted by atomic mass is 10.1. The quantitative estimate of drug-likeness (QED) is 0.732. The van der Waals surface area contributed by atoms with Gasteiger partial charge in [0.05, 0.1) is 11.9 Å². The molecule has 20 heavy (non-hydrogen) atoms. The highest BCUT2D eigenvalue weighted by Crippen LogP contribution is 2.24. The number of rotatable bonds is 3. The second-order valence-electron chi connectivity index (χ2n) is 5.08. The van der Waals surface area contributed by atoms with Crippen molar-refractivity contribution in [3.05, 3.63) is 41.0 Å². The van der Waals surface area contributed by atoms with Crippen molar-refractivity contribution in [1.82, 2.24) is 14.6 Å². The Morgan fingerprint density at radius 1 is 1.25 bits per heavy atom. The van der Waals surface area contributed by atoms with Gasteiger partial charge < -0.3 is 0 Å². The molecule has 0 radical (unpaired) electrons. The van der Waals surface area contributed by atoms with Crippen molar-refractivity contribution < 1.29 is 8.78 Å². The normalized spacial score (nSPS) is 11.7. The van der Waals surface area contributed by atoms with E-state index in [-0.39, 0.29) is 0 Å². The van der Waals surface area contributed by atoms with Crippen molar-refractivity contribution in [3.63, 3.8) is 0 Å². The summed E-state index contributed by atoms with van der Waals surface area (Å²) in [4.78, 5) is 5.18. The molecule has 3 aromatic rings. The van der Waals surface area contributed by atoms with Gasteiger partial charge in [0, 0.05) is 12.0 Å². The summed E-state index contributed by atoms with van der Waals surface area (Å²) < 4.78 is 27.8. The smallest absolute Gasteiger partial charge is 0.212 e. The number of hydrogen-bond acceptors (Lipinski definition) is 3. The van der Waals surface area contributed by atoms with Crippen LogP contribution in [0.1, 0.15) is 18.9 Å². The standard InChI is InChI=1S/C14H13F2N3S/c1-8(2)5-13-18-19-7-12(17-14(19)20-13)9-3-4-10(15)11(16)6-9/h3-4,6-8H,5H2,1-2H3. The molecule has 6 heteroatoms. The molecule has 0 fully saturated rings. The fourth-order valence-electron chi connectivity index (χ4n) is 1.97. The summed E-state index contributed by atoms with van der Waals surface area (Å²) >= 11 is 1.52. The highest BCUT2D eigenvalue weighted by molar-refractivity contribution is 7.16. The van der Waals surface area contributed by atoms with Crippen LogP contribution in [0.5, 0.6) is 0 Å². The van der Waals surface area contributed by atoms with Gasteiger partial charge in [-0.05, 0) is 24.1 Å². The lowest BCUT2D eigenvalue weighted by Gasteiger charge is -1.98. The van der Waals surface area contributed by atoms with Crippen molar-refractivity contribution >= 4 is 16.3 Å². The number of nitrogens with zero attached hydrogens (tertiary/aromatic N) is 3. The minimum absolute atomic E-state index is 0.538. The summed E-state index contributed by atoms with van der Waals surface area (Å²) in [5.74, 6) is -1.18. The molecule has 104 valence electrons. The number of hydrogen-bond donors (Lipinski definition) is 0. The predicted molar refractivity (Wildman–Crippen MR) is 74.8 cm³/mol. The van der Waals surface area contributed by atoms with Crippen LogP contribution >= 0.6 is 11.3 Å². The first-order valence-electron chi connectivity index (χ1n) is 6.33. The first-order valence-corrected chi connectivity index (χ1v) is 7.15. The van der Waals surface area contributed by atoms with Crippen molar-refractivity contribution in [1.29, 1.82) is 0 Å². The molecule has 1 aromatic carbocycles. The van der Waals surface area contributed by atoms with Crippen molar-refractivity contribution in [2.75, 3.05) is 0 Å². The van der Waals surface area contributed by atoms with Gasteiger partial charge in [0.25, 0.3) is 0 Å². The highest BCUT2D eigenvalue weighted by Gasteiger charge is 2.12. The summed E-state index contributed by atoms with van der Waals surface area (Å²) in [6.45, 7) is 4.27. The third kappa shape index (κ3) is 2.43. The van der Waals surface area contributed by atoms with Crippen LogP contribution in [-0.4, -0.2) is 14.6 Å².